The summed E-state index contributed by atoms with van der Waals surface area (Å²) in [5.41, 5.74) is 1.07. The molecule has 6 heteroatoms. The molecule has 1 aromatic rings. The van der Waals surface area contributed by atoms with Gasteiger partial charge in [-0.3, -0.25) is 15.0 Å². The molecule has 0 fully saturated rings. The number of nitro groups is 1. The van der Waals surface area contributed by atoms with Gasteiger partial charge in [0, 0.05) is 45.3 Å². The zero-order valence-corrected chi connectivity index (χ0v) is 10.9. The molecule has 0 aliphatic carbocycles. The van der Waals surface area contributed by atoms with Crippen molar-refractivity contribution in [1.82, 2.24) is 4.90 Å². The number of methoxy groups -OCH3 is 1. The first-order valence-electron chi connectivity index (χ1n) is 5.99. The van der Waals surface area contributed by atoms with E-state index in [-0.39, 0.29) is 5.69 Å². The van der Waals surface area contributed by atoms with Crippen LogP contribution in [0.4, 0.5) is 5.69 Å². The molecule has 19 heavy (non-hydrogen) atoms. The van der Waals surface area contributed by atoms with Gasteiger partial charge in [0.05, 0.1) is 17.6 Å². The second-order valence-corrected chi connectivity index (χ2v) is 4.10. The summed E-state index contributed by atoms with van der Waals surface area (Å²) in [5.74, 6) is 0. The van der Waals surface area contributed by atoms with Crippen molar-refractivity contribution in [2.24, 2.45) is 0 Å². The van der Waals surface area contributed by atoms with Crippen LogP contribution < -0.4 is 0 Å². The molecule has 0 aliphatic rings. The molecule has 0 unspecified atom stereocenters. The molecule has 0 N–H and O–H groups in total. The molecule has 0 bridgehead atoms. The third-order valence-electron chi connectivity index (χ3n) is 2.70. The molecule has 1 aromatic carbocycles. The summed E-state index contributed by atoms with van der Waals surface area (Å²) in [6.07, 6.45) is 0.455. The number of nitro benzene ring substituents is 1. The maximum atomic E-state index is 10.6. The first-order valence-corrected chi connectivity index (χ1v) is 5.99. The normalized spacial score (nSPS) is 10.4. The fourth-order valence-electron chi connectivity index (χ4n) is 1.68. The summed E-state index contributed by atoms with van der Waals surface area (Å²) in [4.78, 5) is 12.2. The summed E-state index contributed by atoms with van der Waals surface area (Å²) in [5, 5.41) is 19.2. The van der Waals surface area contributed by atoms with Crippen LogP contribution in [0.5, 0.6) is 0 Å². The Labute approximate surface area is 112 Å². The number of hydrogen-bond donors (Lipinski definition) is 0. The van der Waals surface area contributed by atoms with E-state index in [1.807, 2.05) is 0 Å². The maximum absolute atomic E-state index is 10.6. The van der Waals surface area contributed by atoms with Crippen LogP contribution in [0.2, 0.25) is 0 Å². The molecule has 0 amide bonds. The standard InChI is InChI=1S/C13H17N3O3/c1-19-10-9-15(8-2-7-14)11-12-3-5-13(6-4-12)16(17)18/h3-6H,2,8-11H2,1H3. The minimum atomic E-state index is -0.415. The molecule has 1 rings (SSSR count). The van der Waals surface area contributed by atoms with Crippen LogP contribution in [0.3, 0.4) is 0 Å². The van der Waals surface area contributed by atoms with E-state index in [0.717, 1.165) is 12.1 Å². The smallest absolute Gasteiger partial charge is 0.269 e. The number of hydrogen-bond acceptors (Lipinski definition) is 5. The van der Waals surface area contributed by atoms with Crippen molar-refractivity contribution in [3.63, 3.8) is 0 Å². The highest BCUT2D eigenvalue weighted by atomic mass is 16.6. The first-order chi connectivity index (χ1) is 9.17. The molecule has 102 valence electrons. The van der Waals surface area contributed by atoms with Gasteiger partial charge >= 0.3 is 0 Å². The van der Waals surface area contributed by atoms with Crippen molar-refractivity contribution in [1.29, 1.82) is 5.26 Å². The molecular formula is C13H17N3O3. The molecule has 0 saturated carbocycles. The quantitative estimate of drug-likeness (QED) is 0.529. The lowest BCUT2D eigenvalue weighted by molar-refractivity contribution is -0.384. The van der Waals surface area contributed by atoms with Crippen molar-refractivity contribution in [3.8, 4) is 6.07 Å². The van der Waals surface area contributed by atoms with Gasteiger partial charge in [-0.25, -0.2) is 0 Å². The van der Waals surface area contributed by atoms with Crippen LogP contribution >= 0.6 is 0 Å². The number of nitriles is 1. The monoisotopic (exact) mass is 263 g/mol. The lowest BCUT2D eigenvalue weighted by Crippen LogP contribution is -2.27. The predicted octanol–water partition coefficient (Wildman–Crippen LogP) is 1.96. The lowest BCUT2D eigenvalue weighted by atomic mass is 10.2. The minimum Gasteiger partial charge on any atom is -0.383 e. The van der Waals surface area contributed by atoms with Gasteiger partial charge in [0.25, 0.3) is 5.69 Å². The van der Waals surface area contributed by atoms with Gasteiger partial charge in [-0.2, -0.15) is 5.26 Å². The fourth-order valence-corrected chi connectivity index (χ4v) is 1.68. The van der Waals surface area contributed by atoms with Crippen molar-refractivity contribution < 1.29 is 9.66 Å². The first kappa shape index (κ1) is 15.1. The number of nitrogens with zero attached hydrogens (tertiary/aromatic N) is 3. The van der Waals surface area contributed by atoms with E-state index in [1.54, 1.807) is 19.2 Å². The van der Waals surface area contributed by atoms with E-state index in [9.17, 15) is 10.1 Å². The van der Waals surface area contributed by atoms with Crippen LogP contribution in [-0.2, 0) is 11.3 Å². The Hall–Kier alpha value is -1.97. The van der Waals surface area contributed by atoms with Gasteiger partial charge in [0.15, 0.2) is 0 Å². The van der Waals surface area contributed by atoms with Crippen molar-refractivity contribution in [3.05, 3.63) is 39.9 Å². The number of rotatable bonds is 8. The molecule has 0 aromatic heterocycles. The molecule has 0 radical (unpaired) electrons. The molecule has 0 atom stereocenters. The zero-order valence-electron chi connectivity index (χ0n) is 10.9. The number of benzene rings is 1. The maximum Gasteiger partial charge on any atom is 0.269 e. The summed E-state index contributed by atoms with van der Waals surface area (Å²) in [6.45, 7) is 2.65. The third kappa shape index (κ3) is 5.46. The number of ether oxygens (including phenoxy) is 1. The largest absolute Gasteiger partial charge is 0.383 e. The van der Waals surface area contributed by atoms with E-state index >= 15 is 0 Å². The Morgan fingerprint density at radius 3 is 2.58 bits per heavy atom. The topological polar surface area (TPSA) is 79.4 Å². The van der Waals surface area contributed by atoms with E-state index < -0.39 is 4.92 Å². The Kier molecular flexibility index (Phi) is 6.50. The lowest BCUT2D eigenvalue weighted by Gasteiger charge is -2.20. The van der Waals surface area contributed by atoms with Crippen molar-refractivity contribution >= 4 is 5.69 Å². The zero-order chi connectivity index (χ0) is 14.1. The Bertz CT molecular complexity index is 439. The van der Waals surface area contributed by atoms with Crippen molar-refractivity contribution in [2.45, 2.75) is 13.0 Å². The minimum absolute atomic E-state index is 0.0872. The van der Waals surface area contributed by atoms with Gasteiger partial charge in [-0.15, -0.1) is 0 Å². The van der Waals surface area contributed by atoms with Crippen LogP contribution in [-0.4, -0.2) is 36.6 Å². The van der Waals surface area contributed by atoms with Crippen LogP contribution in [0, 0.1) is 21.4 Å². The second-order valence-electron chi connectivity index (χ2n) is 4.10. The van der Waals surface area contributed by atoms with Crippen LogP contribution in [0.1, 0.15) is 12.0 Å². The summed E-state index contributed by atoms with van der Waals surface area (Å²) < 4.78 is 5.03. The SMILES string of the molecule is COCCN(CCC#N)Cc1ccc([N+](=O)[O-])cc1. The molecule has 0 heterocycles. The highest BCUT2D eigenvalue weighted by Crippen LogP contribution is 2.13. The average Bonchev–Trinajstić information content (AvgIpc) is 2.42. The fraction of sp³-hybridized carbons (Fsp3) is 0.462. The Balaban J connectivity index is 2.61. The molecule has 0 spiro atoms. The van der Waals surface area contributed by atoms with Gasteiger partial charge in [0.2, 0.25) is 0 Å². The van der Waals surface area contributed by atoms with Crippen LogP contribution in [0.15, 0.2) is 24.3 Å². The molecule has 0 saturated heterocycles. The van der Waals surface area contributed by atoms with Gasteiger partial charge < -0.3 is 4.74 Å². The van der Waals surface area contributed by atoms with E-state index in [2.05, 4.69) is 11.0 Å². The van der Waals surface area contributed by atoms with E-state index in [0.29, 0.717) is 26.1 Å². The molecule has 0 aliphatic heterocycles. The summed E-state index contributed by atoms with van der Waals surface area (Å²) in [6, 6.07) is 8.58. The van der Waals surface area contributed by atoms with E-state index in [1.165, 1.54) is 12.1 Å². The van der Waals surface area contributed by atoms with Crippen LogP contribution in [0.25, 0.3) is 0 Å². The highest BCUT2D eigenvalue weighted by molar-refractivity contribution is 5.32. The van der Waals surface area contributed by atoms with Gasteiger partial charge in [0.1, 0.15) is 0 Å². The average molecular weight is 263 g/mol. The van der Waals surface area contributed by atoms with Crippen molar-refractivity contribution in [2.75, 3.05) is 26.8 Å². The Morgan fingerprint density at radius 2 is 2.05 bits per heavy atom. The van der Waals surface area contributed by atoms with E-state index in [4.69, 9.17) is 10.00 Å². The Morgan fingerprint density at radius 1 is 1.37 bits per heavy atom. The molecular weight excluding hydrogens is 246 g/mol. The summed E-state index contributed by atoms with van der Waals surface area (Å²) in [7, 11) is 1.63. The predicted molar refractivity (Wildman–Crippen MR) is 70.5 cm³/mol. The van der Waals surface area contributed by atoms with Gasteiger partial charge in [-0.05, 0) is 5.56 Å². The van der Waals surface area contributed by atoms with Gasteiger partial charge in [-0.1, -0.05) is 12.1 Å². The number of non-ortho nitro benzene ring substituents is 1. The molecule has 6 nitrogen and oxygen atoms in total. The highest BCUT2D eigenvalue weighted by Gasteiger charge is 2.08. The third-order valence-corrected chi connectivity index (χ3v) is 2.70. The summed E-state index contributed by atoms with van der Waals surface area (Å²) >= 11 is 0. The second kappa shape index (κ2) is 8.19.